The molecule has 0 aliphatic rings. The number of benzene rings is 1. The second-order valence-corrected chi connectivity index (χ2v) is 4.51. The van der Waals surface area contributed by atoms with Crippen LogP contribution in [0.25, 0.3) is 0 Å². The van der Waals surface area contributed by atoms with Crippen LogP contribution in [0.5, 0.6) is 0 Å². The molecule has 0 aromatic heterocycles. The van der Waals surface area contributed by atoms with Crippen LogP contribution in [0.3, 0.4) is 0 Å². The molecule has 0 aliphatic heterocycles. The Hall–Kier alpha value is -0.280. The summed E-state index contributed by atoms with van der Waals surface area (Å²) in [5.41, 5.74) is 1.86. The van der Waals surface area contributed by atoms with E-state index in [-0.39, 0.29) is 5.78 Å². The van der Waals surface area contributed by atoms with Crippen molar-refractivity contribution in [3.8, 4) is 0 Å². The molecule has 0 fully saturated rings. The van der Waals surface area contributed by atoms with Crippen LogP contribution in [0.15, 0.2) is 21.5 Å². The summed E-state index contributed by atoms with van der Waals surface area (Å²) in [5.74, 6) is 0.128. The highest BCUT2D eigenvalue weighted by atomic mass is 79.9. The van der Waals surface area contributed by atoms with Crippen molar-refractivity contribution in [1.82, 2.24) is 0 Å². The van der Waals surface area contributed by atoms with Gasteiger partial charge in [-0.15, -0.1) is 11.8 Å². The van der Waals surface area contributed by atoms with Gasteiger partial charge in [0.15, 0.2) is 5.78 Å². The molecule has 0 aliphatic carbocycles. The number of hydrogen-bond donors (Lipinski definition) is 0. The lowest BCUT2D eigenvalue weighted by Crippen LogP contribution is -1.99. The molecule has 13 heavy (non-hydrogen) atoms. The molecular formula is C10H11BrOS. The van der Waals surface area contributed by atoms with E-state index in [1.54, 1.807) is 18.7 Å². The maximum Gasteiger partial charge on any atom is 0.161 e. The van der Waals surface area contributed by atoms with Crippen molar-refractivity contribution < 1.29 is 4.79 Å². The average Bonchev–Trinajstić information content (AvgIpc) is 2.08. The summed E-state index contributed by atoms with van der Waals surface area (Å²) in [6.45, 7) is 3.56. The van der Waals surface area contributed by atoms with Crippen molar-refractivity contribution in [2.24, 2.45) is 0 Å². The van der Waals surface area contributed by atoms with Crippen molar-refractivity contribution >= 4 is 33.5 Å². The molecule has 0 saturated carbocycles. The number of ketones is 1. The standard InChI is InChI=1S/C10H11BrOS/c1-6-8(11)4-5-9(13-3)10(6)7(2)12/h4-5H,1-3H3. The van der Waals surface area contributed by atoms with Gasteiger partial charge in [0.25, 0.3) is 0 Å². The fourth-order valence-corrected chi connectivity index (χ4v) is 2.30. The first kappa shape index (κ1) is 10.8. The highest BCUT2D eigenvalue weighted by Gasteiger charge is 2.11. The summed E-state index contributed by atoms with van der Waals surface area (Å²) in [5, 5.41) is 0. The van der Waals surface area contributed by atoms with Crippen LogP contribution < -0.4 is 0 Å². The topological polar surface area (TPSA) is 17.1 Å². The van der Waals surface area contributed by atoms with E-state index in [1.165, 1.54) is 0 Å². The molecule has 1 aromatic carbocycles. The highest BCUT2D eigenvalue weighted by molar-refractivity contribution is 9.10. The molecule has 70 valence electrons. The smallest absolute Gasteiger partial charge is 0.161 e. The Balaban J connectivity index is 3.41. The van der Waals surface area contributed by atoms with Crippen LogP contribution >= 0.6 is 27.7 Å². The molecule has 0 N–H and O–H groups in total. The third-order valence-corrected chi connectivity index (χ3v) is 3.57. The van der Waals surface area contributed by atoms with Crippen molar-refractivity contribution in [1.29, 1.82) is 0 Å². The van der Waals surface area contributed by atoms with Crippen LogP contribution in [-0.4, -0.2) is 12.0 Å². The highest BCUT2D eigenvalue weighted by Crippen LogP contribution is 2.28. The Morgan fingerprint density at radius 1 is 1.46 bits per heavy atom. The number of Topliss-reactive ketones (excluding diaryl/α,β-unsaturated/α-hetero) is 1. The van der Waals surface area contributed by atoms with Gasteiger partial charge in [-0.1, -0.05) is 15.9 Å². The van der Waals surface area contributed by atoms with E-state index in [0.717, 1.165) is 20.5 Å². The molecule has 0 unspecified atom stereocenters. The Morgan fingerprint density at radius 3 is 2.54 bits per heavy atom. The van der Waals surface area contributed by atoms with Gasteiger partial charge in [-0.05, 0) is 37.8 Å². The fourth-order valence-electron chi connectivity index (χ4n) is 1.27. The number of hydrogen-bond acceptors (Lipinski definition) is 2. The van der Waals surface area contributed by atoms with Crippen molar-refractivity contribution in [2.45, 2.75) is 18.7 Å². The summed E-state index contributed by atoms with van der Waals surface area (Å²) >= 11 is 5.02. The van der Waals surface area contributed by atoms with Crippen molar-refractivity contribution in [3.05, 3.63) is 27.7 Å². The van der Waals surface area contributed by atoms with E-state index < -0.39 is 0 Å². The lowest BCUT2D eigenvalue weighted by atomic mass is 10.1. The van der Waals surface area contributed by atoms with Crippen LogP contribution in [-0.2, 0) is 0 Å². The van der Waals surface area contributed by atoms with Crippen LogP contribution in [0, 0.1) is 6.92 Å². The minimum atomic E-state index is 0.128. The van der Waals surface area contributed by atoms with Crippen LogP contribution in [0.4, 0.5) is 0 Å². The number of thioether (sulfide) groups is 1. The van der Waals surface area contributed by atoms with E-state index in [2.05, 4.69) is 15.9 Å². The summed E-state index contributed by atoms with van der Waals surface area (Å²) in [6, 6.07) is 3.95. The molecule has 1 nitrogen and oxygen atoms in total. The molecule has 1 aromatic rings. The van der Waals surface area contributed by atoms with Crippen molar-refractivity contribution in [3.63, 3.8) is 0 Å². The van der Waals surface area contributed by atoms with E-state index in [0.29, 0.717) is 0 Å². The fraction of sp³-hybridized carbons (Fsp3) is 0.300. The Morgan fingerprint density at radius 2 is 2.08 bits per heavy atom. The minimum Gasteiger partial charge on any atom is -0.294 e. The molecule has 3 heteroatoms. The monoisotopic (exact) mass is 258 g/mol. The molecule has 0 amide bonds. The molecule has 0 spiro atoms. The van der Waals surface area contributed by atoms with E-state index >= 15 is 0 Å². The zero-order valence-corrected chi connectivity index (χ0v) is 10.3. The number of carbonyl (C=O) groups excluding carboxylic acids is 1. The molecule has 0 radical (unpaired) electrons. The lowest BCUT2D eigenvalue weighted by Gasteiger charge is -2.08. The first-order valence-electron chi connectivity index (χ1n) is 3.92. The summed E-state index contributed by atoms with van der Waals surface area (Å²) in [4.78, 5) is 12.4. The summed E-state index contributed by atoms with van der Waals surface area (Å²) in [7, 11) is 0. The zero-order valence-electron chi connectivity index (χ0n) is 7.85. The predicted octanol–water partition coefficient (Wildman–Crippen LogP) is 3.68. The van der Waals surface area contributed by atoms with E-state index in [1.807, 2.05) is 25.3 Å². The van der Waals surface area contributed by atoms with Gasteiger partial charge in [-0.3, -0.25) is 4.79 Å². The van der Waals surface area contributed by atoms with Gasteiger partial charge >= 0.3 is 0 Å². The number of rotatable bonds is 2. The normalized spacial score (nSPS) is 10.2. The largest absolute Gasteiger partial charge is 0.294 e. The maximum absolute atomic E-state index is 11.4. The van der Waals surface area contributed by atoms with Gasteiger partial charge < -0.3 is 0 Å². The third kappa shape index (κ3) is 2.15. The summed E-state index contributed by atoms with van der Waals surface area (Å²) < 4.78 is 0.996. The van der Waals surface area contributed by atoms with E-state index in [9.17, 15) is 4.79 Å². The van der Waals surface area contributed by atoms with Crippen molar-refractivity contribution in [2.75, 3.05) is 6.26 Å². The second-order valence-electron chi connectivity index (χ2n) is 2.81. The maximum atomic E-state index is 11.4. The lowest BCUT2D eigenvalue weighted by molar-refractivity contribution is 0.101. The molecule has 0 saturated heterocycles. The quantitative estimate of drug-likeness (QED) is 0.595. The Kier molecular flexibility index (Phi) is 3.56. The van der Waals surface area contributed by atoms with Gasteiger partial charge in [0.1, 0.15) is 0 Å². The molecule has 1 rings (SSSR count). The number of halogens is 1. The van der Waals surface area contributed by atoms with E-state index in [4.69, 9.17) is 0 Å². The van der Waals surface area contributed by atoms with Crippen LogP contribution in [0.1, 0.15) is 22.8 Å². The minimum absolute atomic E-state index is 0.128. The van der Waals surface area contributed by atoms with Gasteiger partial charge in [-0.2, -0.15) is 0 Å². The van der Waals surface area contributed by atoms with Gasteiger partial charge in [0, 0.05) is 14.9 Å². The number of carbonyl (C=O) groups is 1. The molecular weight excluding hydrogens is 248 g/mol. The van der Waals surface area contributed by atoms with Gasteiger partial charge in [-0.25, -0.2) is 0 Å². The molecule has 0 atom stereocenters. The third-order valence-electron chi connectivity index (χ3n) is 1.93. The molecule has 0 heterocycles. The SMILES string of the molecule is CSc1ccc(Br)c(C)c1C(C)=O. The van der Waals surface area contributed by atoms with Crippen LogP contribution in [0.2, 0.25) is 0 Å². The zero-order chi connectivity index (χ0) is 10.0. The first-order chi connectivity index (χ1) is 6.07. The second kappa shape index (κ2) is 4.29. The average molecular weight is 259 g/mol. The Labute approximate surface area is 91.0 Å². The summed E-state index contributed by atoms with van der Waals surface area (Å²) in [6.07, 6.45) is 1.98. The van der Waals surface area contributed by atoms with Gasteiger partial charge in [0.05, 0.1) is 0 Å². The first-order valence-corrected chi connectivity index (χ1v) is 5.93. The van der Waals surface area contributed by atoms with Gasteiger partial charge in [0.2, 0.25) is 0 Å². The predicted molar refractivity (Wildman–Crippen MR) is 60.7 cm³/mol. The Bertz CT molecular complexity index is 347. The molecule has 0 bridgehead atoms.